The van der Waals surface area contributed by atoms with Gasteiger partial charge in [0.2, 0.25) is 5.78 Å². The molecular weight excluding hydrogens is 330 g/mol. The highest BCUT2D eigenvalue weighted by Crippen LogP contribution is 2.33. The zero-order chi connectivity index (χ0) is 17.8. The Morgan fingerprint density at radius 2 is 1.96 bits per heavy atom. The number of rotatable bonds is 6. The fourth-order valence-corrected chi connectivity index (χ4v) is 2.39. The molecule has 0 aliphatic carbocycles. The smallest absolute Gasteiger partial charge is 0.387 e. The molecule has 3 aromatic rings. The molecular formula is C19H14F2O4. The van der Waals surface area contributed by atoms with E-state index in [-0.39, 0.29) is 23.0 Å². The molecule has 1 heterocycles. The zero-order valence-electron chi connectivity index (χ0n) is 13.2. The summed E-state index contributed by atoms with van der Waals surface area (Å²) in [6.07, 6.45) is 2.63. The van der Waals surface area contributed by atoms with Crippen molar-refractivity contribution in [3.05, 3.63) is 65.9 Å². The topological polar surface area (TPSA) is 48.7 Å². The maximum Gasteiger partial charge on any atom is 0.387 e. The molecule has 0 amide bonds. The molecule has 0 aliphatic heterocycles. The van der Waals surface area contributed by atoms with Gasteiger partial charge in [0, 0.05) is 10.9 Å². The first-order valence-corrected chi connectivity index (χ1v) is 7.41. The van der Waals surface area contributed by atoms with E-state index in [4.69, 9.17) is 9.15 Å². The second kappa shape index (κ2) is 7.17. The normalized spacial score (nSPS) is 11.4. The van der Waals surface area contributed by atoms with Crippen LogP contribution in [0.5, 0.6) is 11.5 Å². The molecule has 25 heavy (non-hydrogen) atoms. The van der Waals surface area contributed by atoms with Gasteiger partial charge in [-0.2, -0.15) is 8.78 Å². The summed E-state index contributed by atoms with van der Waals surface area (Å²) in [6, 6.07) is 13.5. The fourth-order valence-electron chi connectivity index (χ4n) is 2.39. The lowest BCUT2D eigenvalue weighted by atomic mass is 10.1. The number of carbonyl (C=O) groups excluding carboxylic acids is 1. The average Bonchev–Trinajstić information content (AvgIpc) is 3.04. The molecule has 1 aromatic heterocycles. The lowest BCUT2D eigenvalue weighted by molar-refractivity contribution is -0.0513. The van der Waals surface area contributed by atoms with Crippen LogP contribution in [0.25, 0.3) is 17.0 Å². The number of allylic oxidation sites excluding steroid dienone is 1. The van der Waals surface area contributed by atoms with E-state index in [0.29, 0.717) is 11.1 Å². The van der Waals surface area contributed by atoms with Crippen molar-refractivity contribution in [1.82, 2.24) is 0 Å². The predicted molar refractivity (Wildman–Crippen MR) is 89.2 cm³/mol. The van der Waals surface area contributed by atoms with Gasteiger partial charge in [0.15, 0.2) is 17.3 Å². The van der Waals surface area contributed by atoms with Crippen LogP contribution in [0, 0.1) is 0 Å². The minimum atomic E-state index is -3.01. The molecule has 2 aromatic carbocycles. The third-order valence-corrected chi connectivity index (χ3v) is 3.52. The highest BCUT2D eigenvalue weighted by Gasteiger charge is 2.15. The van der Waals surface area contributed by atoms with Crippen molar-refractivity contribution in [2.24, 2.45) is 0 Å². The molecule has 0 bridgehead atoms. The highest BCUT2D eigenvalue weighted by atomic mass is 19.3. The van der Waals surface area contributed by atoms with Crippen LogP contribution >= 0.6 is 0 Å². The van der Waals surface area contributed by atoms with Crippen molar-refractivity contribution in [2.45, 2.75) is 6.61 Å². The number of methoxy groups -OCH3 is 1. The van der Waals surface area contributed by atoms with E-state index >= 15 is 0 Å². The molecule has 6 heteroatoms. The lowest BCUT2D eigenvalue weighted by Gasteiger charge is -2.12. The van der Waals surface area contributed by atoms with Crippen LogP contribution in [0.3, 0.4) is 0 Å². The van der Waals surface area contributed by atoms with Gasteiger partial charge in [-0.3, -0.25) is 4.79 Å². The molecule has 3 rings (SSSR count). The Hall–Kier alpha value is -3.15. The third-order valence-electron chi connectivity index (χ3n) is 3.52. The Bertz CT molecular complexity index is 895. The van der Waals surface area contributed by atoms with Crippen molar-refractivity contribution in [3.8, 4) is 11.5 Å². The molecule has 0 radical (unpaired) electrons. The van der Waals surface area contributed by atoms with Gasteiger partial charge in [-0.25, -0.2) is 0 Å². The van der Waals surface area contributed by atoms with Crippen LogP contribution in [0.4, 0.5) is 8.78 Å². The summed E-state index contributed by atoms with van der Waals surface area (Å²) in [6.45, 7) is -3.01. The molecule has 0 fully saturated rings. The van der Waals surface area contributed by atoms with Crippen molar-refractivity contribution >= 4 is 22.8 Å². The number of furan rings is 1. The molecule has 0 atom stereocenters. The fraction of sp³-hybridized carbons (Fsp3) is 0.105. The number of carbonyl (C=O) groups is 1. The van der Waals surface area contributed by atoms with E-state index in [0.717, 1.165) is 5.39 Å². The second-order valence-corrected chi connectivity index (χ2v) is 5.10. The van der Waals surface area contributed by atoms with E-state index < -0.39 is 6.61 Å². The van der Waals surface area contributed by atoms with Gasteiger partial charge in [-0.05, 0) is 30.4 Å². The van der Waals surface area contributed by atoms with Crippen molar-refractivity contribution in [1.29, 1.82) is 0 Å². The number of fused-ring (bicyclic) bond motifs is 1. The molecule has 128 valence electrons. The molecule has 0 unspecified atom stereocenters. The minimum absolute atomic E-state index is 0.131. The molecule has 4 nitrogen and oxygen atoms in total. The van der Waals surface area contributed by atoms with Crippen LogP contribution < -0.4 is 9.47 Å². The van der Waals surface area contributed by atoms with Gasteiger partial charge in [0.05, 0.1) is 7.11 Å². The van der Waals surface area contributed by atoms with Crippen LogP contribution in [-0.2, 0) is 0 Å². The summed E-state index contributed by atoms with van der Waals surface area (Å²) >= 11 is 0. The van der Waals surface area contributed by atoms with Gasteiger partial charge in [0.1, 0.15) is 5.58 Å². The largest absolute Gasteiger partial charge is 0.493 e. The Kier molecular flexibility index (Phi) is 4.79. The van der Waals surface area contributed by atoms with Gasteiger partial charge in [-0.1, -0.05) is 30.3 Å². The first-order valence-electron chi connectivity index (χ1n) is 7.41. The van der Waals surface area contributed by atoms with E-state index in [9.17, 15) is 13.6 Å². The summed E-state index contributed by atoms with van der Waals surface area (Å²) in [5.41, 5.74) is 0.895. The average molecular weight is 344 g/mol. The summed E-state index contributed by atoms with van der Waals surface area (Å²) in [5, 5.41) is 0.808. The van der Waals surface area contributed by atoms with E-state index in [1.165, 1.54) is 25.3 Å². The Morgan fingerprint density at radius 3 is 2.68 bits per heavy atom. The Morgan fingerprint density at radius 1 is 1.16 bits per heavy atom. The lowest BCUT2D eigenvalue weighted by Crippen LogP contribution is -2.05. The number of ether oxygens (including phenoxy) is 2. The first-order chi connectivity index (χ1) is 12.1. The summed E-state index contributed by atoms with van der Waals surface area (Å²) in [4.78, 5) is 12.3. The predicted octanol–water partition coefficient (Wildman–Crippen LogP) is 4.94. The zero-order valence-corrected chi connectivity index (χ0v) is 13.2. The van der Waals surface area contributed by atoms with Crippen LogP contribution in [0.15, 0.2) is 59.0 Å². The van der Waals surface area contributed by atoms with Gasteiger partial charge in [-0.15, -0.1) is 0 Å². The van der Waals surface area contributed by atoms with Crippen molar-refractivity contribution < 1.29 is 27.5 Å². The number of alkyl halides is 2. The van der Waals surface area contributed by atoms with Gasteiger partial charge < -0.3 is 13.9 Å². The molecule has 0 spiro atoms. The van der Waals surface area contributed by atoms with Crippen LogP contribution in [-0.4, -0.2) is 19.5 Å². The SMILES string of the molecule is COc1cccc(/C=C/C(=O)c2cc3ccccc3o2)c1OC(F)F. The van der Waals surface area contributed by atoms with E-state index in [1.807, 2.05) is 12.1 Å². The van der Waals surface area contributed by atoms with Gasteiger partial charge in [0.25, 0.3) is 0 Å². The molecule has 0 saturated carbocycles. The number of halogens is 2. The second-order valence-electron chi connectivity index (χ2n) is 5.10. The highest BCUT2D eigenvalue weighted by molar-refractivity contribution is 6.07. The molecule has 0 N–H and O–H groups in total. The summed E-state index contributed by atoms with van der Waals surface area (Å²) < 4.78 is 40.2. The maximum absolute atomic E-state index is 12.6. The summed E-state index contributed by atoms with van der Waals surface area (Å²) in [5.74, 6) is -0.203. The number of para-hydroxylation sites is 2. The quantitative estimate of drug-likeness (QED) is 0.469. The van der Waals surface area contributed by atoms with E-state index in [2.05, 4.69) is 4.74 Å². The Balaban J connectivity index is 1.89. The molecule has 0 aliphatic rings. The number of ketones is 1. The number of hydrogen-bond donors (Lipinski definition) is 0. The first kappa shape index (κ1) is 16.7. The Labute approximate surface area is 142 Å². The molecule has 0 saturated heterocycles. The summed E-state index contributed by atoms with van der Waals surface area (Å²) in [7, 11) is 1.35. The van der Waals surface area contributed by atoms with Crippen molar-refractivity contribution in [3.63, 3.8) is 0 Å². The van der Waals surface area contributed by atoms with Gasteiger partial charge >= 0.3 is 6.61 Å². The van der Waals surface area contributed by atoms with Crippen LogP contribution in [0.2, 0.25) is 0 Å². The van der Waals surface area contributed by atoms with Crippen molar-refractivity contribution in [2.75, 3.05) is 7.11 Å². The standard InChI is InChI=1S/C19H14F2O4/c1-23-16-8-4-6-12(18(16)25-19(20)21)9-10-14(22)17-11-13-5-2-3-7-15(13)24-17/h2-11,19H,1H3/b10-9+. The monoisotopic (exact) mass is 344 g/mol. The van der Waals surface area contributed by atoms with E-state index in [1.54, 1.807) is 30.3 Å². The number of benzene rings is 2. The maximum atomic E-state index is 12.6. The van der Waals surface area contributed by atoms with Crippen LogP contribution in [0.1, 0.15) is 16.1 Å². The third kappa shape index (κ3) is 3.68. The number of hydrogen-bond acceptors (Lipinski definition) is 4. The minimum Gasteiger partial charge on any atom is -0.493 e.